The lowest BCUT2D eigenvalue weighted by atomic mass is 9.65. The van der Waals surface area contributed by atoms with E-state index in [0.717, 1.165) is 24.5 Å². The highest BCUT2D eigenvalue weighted by atomic mass is 16.1. The average molecular weight is 380 g/mol. The molecule has 28 heavy (non-hydrogen) atoms. The Hall–Kier alpha value is -2.63. The number of Topliss-reactive ketones (excluding diaryl/α,β-unsaturated/α-hetero) is 1. The standard InChI is InChI=1S/C22H29N5O/c1-14(28)15-6-5-7-16(8-15)26-19-18(23)20(25-13-24-19)27-12-22(4)10-17(27)9-21(2,3)11-22/h5-8,13,17H,9-12,23H2,1-4H3,(H,24,25,26). The van der Waals surface area contributed by atoms with Crippen LogP contribution in [0.3, 0.4) is 0 Å². The monoisotopic (exact) mass is 379 g/mol. The van der Waals surface area contributed by atoms with Crippen molar-refractivity contribution in [3.05, 3.63) is 36.2 Å². The van der Waals surface area contributed by atoms with Crippen LogP contribution in [0.4, 0.5) is 23.0 Å². The number of rotatable bonds is 4. The summed E-state index contributed by atoms with van der Waals surface area (Å²) < 4.78 is 0. The fraction of sp³-hybridized carbons (Fsp3) is 0.500. The first-order valence-corrected chi connectivity index (χ1v) is 9.91. The van der Waals surface area contributed by atoms with Crippen LogP contribution in [-0.4, -0.2) is 28.3 Å². The Kier molecular flexibility index (Phi) is 4.32. The van der Waals surface area contributed by atoms with E-state index in [1.165, 1.54) is 12.8 Å². The predicted molar refractivity (Wildman–Crippen MR) is 113 cm³/mol. The fourth-order valence-corrected chi connectivity index (χ4v) is 5.37. The Morgan fingerprint density at radius 3 is 2.79 bits per heavy atom. The minimum Gasteiger partial charge on any atom is -0.393 e. The number of aromatic nitrogens is 2. The normalized spacial score (nSPS) is 25.6. The van der Waals surface area contributed by atoms with Crippen molar-refractivity contribution in [2.45, 2.75) is 53.0 Å². The van der Waals surface area contributed by atoms with E-state index in [0.29, 0.717) is 33.9 Å². The molecular weight excluding hydrogens is 350 g/mol. The van der Waals surface area contributed by atoms with E-state index in [1.807, 2.05) is 18.2 Å². The lowest BCUT2D eigenvalue weighted by Crippen LogP contribution is -2.35. The molecule has 0 amide bonds. The second kappa shape index (κ2) is 6.47. The van der Waals surface area contributed by atoms with Crippen LogP contribution in [0.1, 0.15) is 57.3 Å². The van der Waals surface area contributed by atoms with Gasteiger partial charge in [-0.05, 0) is 49.1 Å². The molecule has 4 rings (SSSR count). The van der Waals surface area contributed by atoms with E-state index < -0.39 is 0 Å². The third kappa shape index (κ3) is 3.43. The molecule has 2 unspecified atom stereocenters. The zero-order valence-electron chi connectivity index (χ0n) is 17.1. The molecule has 2 atom stereocenters. The van der Waals surface area contributed by atoms with Crippen molar-refractivity contribution >= 4 is 28.8 Å². The summed E-state index contributed by atoms with van der Waals surface area (Å²) in [5.41, 5.74) is 9.14. The molecule has 1 aliphatic carbocycles. The Morgan fingerprint density at radius 2 is 2.04 bits per heavy atom. The zero-order valence-corrected chi connectivity index (χ0v) is 17.1. The number of nitrogen functional groups attached to an aromatic ring is 1. The first kappa shape index (κ1) is 18.7. The van der Waals surface area contributed by atoms with Crippen molar-refractivity contribution in [1.29, 1.82) is 0 Å². The van der Waals surface area contributed by atoms with Gasteiger partial charge in [-0.1, -0.05) is 32.9 Å². The molecule has 1 saturated heterocycles. The second-order valence-corrected chi connectivity index (χ2v) is 9.56. The Bertz CT molecular complexity index is 925. The van der Waals surface area contributed by atoms with Crippen molar-refractivity contribution in [2.24, 2.45) is 10.8 Å². The van der Waals surface area contributed by atoms with E-state index in [2.05, 4.69) is 41.0 Å². The SMILES string of the molecule is CC(=O)c1cccc(Nc2ncnc(N3CC4(C)CC3CC(C)(C)C4)c2N)c1. The molecule has 1 aromatic carbocycles. The van der Waals surface area contributed by atoms with Crippen molar-refractivity contribution in [1.82, 2.24) is 9.97 Å². The van der Waals surface area contributed by atoms with Crippen LogP contribution in [0, 0.1) is 10.8 Å². The van der Waals surface area contributed by atoms with Gasteiger partial charge in [-0.15, -0.1) is 0 Å². The molecule has 148 valence electrons. The maximum atomic E-state index is 11.6. The maximum Gasteiger partial charge on any atom is 0.159 e. The van der Waals surface area contributed by atoms with Crippen LogP contribution in [0.25, 0.3) is 0 Å². The van der Waals surface area contributed by atoms with E-state index in [-0.39, 0.29) is 5.78 Å². The molecule has 2 aromatic rings. The molecule has 1 aliphatic heterocycles. The van der Waals surface area contributed by atoms with E-state index in [4.69, 9.17) is 5.73 Å². The maximum absolute atomic E-state index is 11.6. The summed E-state index contributed by atoms with van der Waals surface area (Å²) in [6.07, 6.45) is 5.12. The van der Waals surface area contributed by atoms with E-state index in [9.17, 15) is 4.79 Å². The molecule has 1 aromatic heterocycles. The number of anilines is 4. The van der Waals surface area contributed by atoms with Crippen LogP contribution in [0.15, 0.2) is 30.6 Å². The third-order valence-electron chi connectivity index (χ3n) is 6.08. The van der Waals surface area contributed by atoms with Crippen molar-refractivity contribution in [2.75, 3.05) is 22.5 Å². The highest BCUT2D eigenvalue weighted by Gasteiger charge is 2.50. The molecule has 6 nitrogen and oxygen atoms in total. The van der Waals surface area contributed by atoms with Gasteiger partial charge in [0.05, 0.1) is 0 Å². The highest BCUT2D eigenvalue weighted by molar-refractivity contribution is 5.95. The Morgan fingerprint density at radius 1 is 1.25 bits per heavy atom. The van der Waals surface area contributed by atoms with Crippen LogP contribution < -0.4 is 16.0 Å². The lowest BCUT2D eigenvalue weighted by Gasteiger charge is -2.39. The van der Waals surface area contributed by atoms with Gasteiger partial charge in [-0.2, -0.15) is 0 Å². The number of nitrogens with zero attached hydrogens (tertiary/aromatic N) is 3. The number of benzene rings is 1. The van der Waals surface area contributed by atoms with Crippen LogP contribution in [0.5, 0.6) is 0 Å². The third-order valence-corrected chi connectivity index (χ3v) is 6.08. The average Bonchev–Trinajstić information content (AvgIpc) is 2.85. The summed E-state index contributed by atoms with van der Waals surface area (Å²) in [6, 6.07) is 7.83. The Labute approximate surface area is 166 Å². The summed E-state index contributed by atoms with van der Waals surface area (Å²) in [6.45, 7) is 9.63. The van der Waals surface area contributed by atoms with E-state index in [1.54, 1.807) is 19.3 Å². The number of carbonyl (C=O) groups is 1. The van der Waals surface area contributed by atoms with Crippen LogP contribution in [-0.2, 0) is 0 Å². The van der Waals surface area contributed by atoms with Gasteiger partial charge in [0, 0.05) is 23.8 Å². The minimum atomic E-state index is 0.0280. The molecule has 1 saturated carbocycles. The summed E-state index contributed by atoms with van der Waals surface area (Å²) in [7, 11) is 0. The summed E-state index contributed by atoms with van der Waals surface area (Å²) in [5.74, 6) is 1.42. The molecule has 3 N–H and O–H groups in total. The number of nitrogens with one attached hydrogen (secondary N) is 1. The first-order chi connectivity index (χ1) is 13.2. The molecular formula is C22H29N5O. The quantitative estimate of drug-likeness (QED) is 0.766. The predicted octanol–water partition coefficient (Wildman–Crippen LogP) is 4.41. The molecule has 2 heterocycles. The van der Waals surface area contributed by atoms with Gasteiger partial charge in [0.25, 0.3) is 0 Å². The van der Waals surface area contributed by atoms with Crippen molar-refractivity contribution in [3.8, 4) is 0 Å². The molecule has 2 bridgehead atoms. The van der Waals surface area contributed by atoms with Gasteiger partial charge < -0.3 is 16.0 Å². The Balaban J connectivity index is 1.63. The summed E-state index contributed by atoms with van der Waals surface area (Å²) in [5, 5.41) is 3.26. The zero-order chi connectivity index (χ0) is 20.1. The van der Waals surface area contributed by atoms with Gasteiger partial charge in [0.1, 0.15) is 12.0 Å². The number of hydrogen-bond acceptors (Lipinski definition) is 6. The second-order valence-electron chi connectivity index (χ2n) is 9.56. The van der Waals surface area contributed by atoms with Gasteiger partial charge in [0.15, 0.2) is 17.4 Å². The number of nitrogens with two attached hydrogens (primary N) is 1. The largest absolute Gasteiger partial charge is 0.393 e. The van der Waals surface area contributed by atoms with E-state index >= 15 is 0 Å². The minimum absolute atomic E-state index is 0.0280. The number of hydrogen-bond donors (Lipinski definition) is 2. The van der Waals surface area contributed by atoms with Gasteiger partial charge >= 0.3 is 0 Å². The van der Waals surface area contributed by atoms with Crippen molar-refractivity contribution in [3.63, 3.8) is 0 Å². The van der Waals surface area contributed by atoms with Crippen LogP contribution in [0.2, 0.25) is 0 Å². The molecule has 2 aliphatic rings. The summed E-state index contributed by atoms with van der Waals surface area (Å²) >= 11 is 0. The highest BCUT2D eigenvalue weighted by Crippen LogP contribution is 2.54. The number of ketones is 1. The first-order valence-electron chi connectivity index (χ1n) is 9.91. The van der Waals surface area contributed by atoms with Gasteiger partial charge in [-0.3, -0.25) is 4.79 Å². The molecule has 2 fully saturated rings. The molecule has 0 spiro atoms. The molecule has 6 heteroatoms. The van der Waals surface area contributed by atoms with Crippen molar-refractivity contribution < 1.29 is 4.79 Å². The van der Waals surface area contributed by atoms with Gasteiger partial charge in [0.2, 0.25) is 0 Å². The fourth-order valence-electron chi connectivity index (χ4n) is 5.37. The van der Waals surface area contributed by atoms with Gasteiger partial charge in [-0.25, -0.2) is 9.97 Å². The van der Waals surface area contributed by atoms with Crippen LogP contribution >= 0.6 is 0 Å². The number of fused-ring (bicyclic) bond motifs is 2. The lowest BCUT2D eigenvalue weighted by molar-refractivity contribution is 0.101. The summed E-state index contributed by atoms with van der Waals surface area (Å²) in [4.78, 5) is 22.9. The molecule has 0 radical (unpaired) electrons. The number of carbonyl (C=O) groups excluding carboxylic acids is 1. The smallest absolute Gasteiger partial charge is 0.159 e. The topological polar surface area (TPSA) is 84.1 Å².